The summed E-state index contributed by atoms with van der Waals surface area (Å²) in [6.45, 7) is 0. The molecule has 1 heterocycles. The van der Waals surface area contributed by atoms with Crippen molar-refractivity contribution in [1.82, 2.24) is 0 Å². The van der Waals surface area contributed by atoms with Crippen molar-refractivity contribution < 1.29 is 0 Å². The van der Waals surface area contributed by atoms with Gasteiger partial charge in [-0.25, -0.2) is 0 Å². The molecule has 1 heteroatoms. The van der Waals surface area contributed by atoms with Crippen LogP contribution in [0.4, 0.5) is 0 Å². The van der Waals surface area contributed by atoms with Crippen LogP contribution in [0.15, 0.2) is 132 Å². The van der Waals surface area contributed by atoms with Crippen molar-refractivity contribution in [2.45, 2.75) is 6.04 Å². The molecule has 0 spiro atoms. The first kappa shape index (κ1) is 18.8. The van der Waals surface area contributed by atoms with Crippen LogP contribution >= 0.6 is 0 Å². The number of nitrogens with zero attached hydrogens (tertiary/aromatic N) is 1. The van der Waals surface area contributed by atoms with Crippen molar-refractivity contribution in [1.29, 1.82) is 0 Å². The van der Waals surface area contributed by atoms with Crippen LogP contribution in [0.3, 0.4) is 0 Å². The molecule has 0 fully saturated rings. The van der Waals surface area contributed by atoms with Gasteiger partial charge in [0.2, 0.25) is 0 Å². The number of fused-ring (bicyclic) bond motifs is 2. The fourth-order valence-electron chi connectivity index (χ4n) is 4.59. The van der Waals surface area contributed by atoms with Gasteiger partial charge in [0.1, 0.15) is 0 Å². The molecule has 0 saturated heterocycles. The standard InChI is InChI=1S/C31H23N/c1-2-6-22(7-3-1)28-16-18-31-29(21-28)17-19-30(32-31)25-13-10-24(11-14-25)27-15-12-23-8-4-5-9-26(23)20-27/h1-21,29,31H. The summed E-state index contributed by atoms with van der Waals surface area (Å²) in [5.41, 5.74) is 7.22. The molecule has 1 aliphatic heterocycles. The Morgan fingerprint density at radius 3 is 2.09 bits per heavy atom. The van der Waals surface area contributed by atoms with Gasteiger partial charge in [0.15, 0.2) is 0 Å². The third-order valence-electron chi connectivity index (χ3n) is 6.37. The lowest BCUT2D eigenvalue weighted by Gasteiger charge is -2.25. The SMILES string of the molecule is C1=CC2N=C(c3ccc(-c4ccc5ccccc5c4)cc3)C=CC2C=C1c1ccccc1. The highest BCUT2D eigenvalue weighted by Crippen LogP contribution is 2.31. The zero-order chi connectivity index (χ0) is 21.3. The zero-order valence-electron chi connectivity index (χ0n) is 17.7. The highest BCUT2D eigenvalue weighted by atomic mass is 14.8. The first-order valence-electron chi connectivity index (χ1n) is 11.1. The Bertz CT molecular complexity index is 1400. The molecule has 0 N–H and O–H groups in total. The normalized spacial score (nSPS) is 19.4. The molecule has 32 heavy (non-hydrogen) atoms. The molecule has 1 aliphatic carbocycles. The molecule has 2 unspecified atom stereocenters. The third kappa shape index (κ3) is 3.52. The molecule has 0 saturated carbocycles. The predicted octanol–water partition coefficient (Wildman–Crippen LogP) is 7.50. The maximum absolute atomic E-state index is 5.04. The average Bonchev–Trinajstić information content (AvgIpc) is 2.88. The first-order valence-corrected chi connectivity index (χ1v) is 11.1. The number of benzene rings is 4. The Morgan fingerprint density at radius 2 is 1.25 bits per heavy atom. The van der Waals surface area contributed by atoms with Gasteiger partial charge in [-0.15, -0.1) is 0 Å². The first-order chi connectivity index (χ1) is 15.8. The Morgan fingerprint density at radius 1 is 0.531 bits per heavy atom. The summed E-state index contributed by atoms with van der Waals surface area (Å²) in [5, 5.41) is 2.54. The van der Waals surface area contributed by atoms with Gasteiger partial charge in [0.25, 0.3) is 0 Å². The molecule has 0 aromatic heterocycles. The highest BCUT2D eigenvalue weighted by molar-refractivity contribution is 6.09. The van der Waals surface area contributed by atoms with Gasteiger partial charge in [0.05, 0.1) is 11.8 Å². The molecule has 0 amide bonds. The molecule has 4 aromatic carbocycles. The van der Waals surface area contributed by atoms with E-state index in [0.717, 1.165) is 11.3 Å². The summed E-state index contributed by atoms with van der Waals surface area (Å²) in [6.07, 6.45) is 11.2. The van der Waals surface area contributed by atoms with Crippen molar-refractivity contribution in [3.05, 3.63) is 139 Å². The maximum Gasteiger partial charge on any atom is 0.0788 e. The van der Waals surface area contributed by atoms with E-state index in [9.17, 15) is 0 Å². The lowest BCUT2D eigenvalue weighted by Crippen LogP contribution is -2.21. The summed E-state index contributed by atoms with van der Waals surface area (Å²) in [7, 11) is 0. The van der Waals surface area contributed by atoms with Crippen molar-refractivity contribution in [3.63, 3.8) is 0 Å². The third-order valence-corrected chi connectivity index (χ3v) is 6.37. The largest absolute Gasteiger partial charge is 0.276 e. The van der Waals surface area contributed by atoms with Crippen LogP contribution < -0.4 is 0 Å². The second-order valence-electron chi connectivity index (χ2n) is 8.43. The Balaban J connectivity index is 1.24. The van der Waals surface area contributed by atoms with E-state index < -0.39 is 0 Å². The van der Waals surface area contributed by atoms with E-state index in [1.165, 1.54) is 33.0 Å². The number of dihydropyridines is 1. The summed E-state index contributed by atoms with van der Waals surface area (Å²) in [4.78, 5) is 5.04. The van der Waals surface area contributed by atoms with Gasteiger partial charge in [-0.2, -0.15) is 0 Å². The molecule has 2 aliphatic rings. The zero-order valence-corrected chi connectivity index (χ0v) is 17.7. The van der Waals surface area contributed by atoms with E-state index in [-0.39, 0.29) is 6.04 Å². The van der Waals surface area contributed by atoms with Crippen LogP contribution in [-0.4, -0.2) is 11.8 Å². The summed E-state index contributed by atoms with van der Waals surface area (Å²) >= 11 is 0. The average molecular weight is 410 g/mol. The molecule has 2 atom stereocenters. The Hall–Kier alpha value is -3.97. The van der Waals surface area contributed by atoms with Gasteiger partial charge in [-0.3, -0.25) is 4.99 Å². The predicted molar refractivity (Wildman–Crippen MR) is 136 cm³/mol. The highest BCUT2D eigenvalue weighted by Gasteiger charge is 2.22. The minimum atomic E-state index is 0.169. The van der Waals surface area contributed by atoms with Crippen molar-refractivity contribution >= 4 is 22.1 Å². The van der Waals surface area contributed by atoms with Crippen molar-refractivity contribution in [3.8, 4) is 11.1 Å². The Kier molecular flexibility index (Phi) is 4.66. The monoisotopic (exact) mass is 409 g/mol. The quantitative estimate of drug-likeness (QED) is 0.332. The molecule has 0 radical (unpaired) electrons. The van der Waals surface area contributed by atoms with Crippen LogP contribution in [0.5, 0.6) is 0 Å². The van der Waals surface area contributed by atoms with Gasteiger partial charge >= 0.3 is 0 Å². The van der Waals surface area contributed by atoms with Crippen molar-refractivity contribution in [2.75, 3.05) is 0 Å². The van der Waals surface area contributed by atoms with E-state index >= 15 is 0 Å². The fraction of sp³-hybridized carbons (Fsp3) is 0.0645. The lowest BCUT2D eigenvalue weighted by atomic mass is 9.86. The summed E-state index contributed by atoms with van der Waals surface area (Å²) in [5.74, 6) is 0.316. The molecule has 4 aromatic rings. The molecular weight excluding hydrogens is 386 g/mol. The van der Waals surface area contributed by atoms with E-state index in [1.807, 2.05) is 0 Å². The fourth-order valence-corrected chi connectivity index (χ4v) is 4.59. The minimum Gasteiger partial charge on any atom is -0.276 e. The van der Waals surface area contributed by atoms with Gasteiger partial charge in [0, 0.05) is 5.92 Å². The lowest BCUT2D eigenvalue weighted by molar-refractivity contribution is 0.682. The summed E-state index contributed by atoms with van der Waals surface area (Å²) < 4.78 is 0. The molecule has 1 nitrogen and oxygen atoms in total. The van der Waals surface area contributed by atoms with E-state index in [2.05, 4.69) is 127 Å². The van der Waals surface area contributed by atoms with E-state index in [1.54, 1.807) is 0 Å². The van der Waals surface area contributed by atoms with Crippen molar-refractivity contribution in [2.24, 2.45) is 10.9 Å². The van der Waals surface area contributed by atoms with Crippen LogP contribution in [0.1, 0.15) is 11.1 Å². The second-order valence-corrected chi connectivity index (χ2v) is 8.43. The number of allylic oxidation sites excluding steroid dienone is 3. The molecule has 152 valence electrons. The summed E-state index contributed by atoms with van der Waals surface area (Å²) in [6, 6.07) is 34.6. The molecule has 6 rings (SSSR count). The van der Waals surface area contributed by atoms with E-state index in [4.69, 9.17) is 4.99 Å². The number of hydrogen-bond donors (Lipinski definition) is 0. The molecule has 0 bridgehead atoms. The molecular formula is C31H23N. The topological polar surface area (TPSA) is 12.4 Å². The van der Waals surface area contributed by atoms with Gasteiger partial charge in [-0.1, -0.05) is 115 Å². The maximum atomic E-state index is 5.04. The number of rotatable bonds is 3. The van der Waals surface area contributed by atoms with Crippen LogP contribution in [0, 0.1) is 5.92 Å². The number of aliphatic imine (C=N–C) groups is 1. The van der Waals surface area contributed by atoms with Gasteiger partial charge in [-0.05, 0) is 50.7 Å². The van der Waals surface area contributed by atoms with Crippen LogP contribution in [0.2, 0.25) is 0 Å². The van der Waals surface area contributed by atoms with Crippen LogP contribution in [-0.2, 0) is 0 Å². The van der Waals surface area contributed by atoms with Crippen LogP contribution in [0.25, 0.3) is 27.5 Å². The Labute approximate surface area is 188 Å². The van der Waals surface area contributed by atoms with Gasteiger partial charge < -0.3 is 0 Å². The van der Waals surface area contributed by atoms with E-state index in [0.29, 0.717) is 5.92 Å². The second kappa shape index (κ2) is 7.94. The minimum absolute atomic E-state index is 0.169. The number of hydrogen-bond acceptors (Lipinski definition) is 1. The smallest absolute Gasteiger partial charge is 0.0788 e.